The third-order valence-corrected chi connectivity index (χ3v) is 8.50. The molecule has 4 nitrogen and oxygen atoms in total. The van der Waals surface area contributed by atoms with Gasteiger partial charge in [-0.2, -0.15) is 0 Å². The maximum atomic E-state index is 13.4. The Bertz CT molecular complexity index is 874. The fraction of sp³-hybridized carbons (Fsp3) is 0.455. The normalized spacial score (nSPS) is 21.4. The molecule has 2 heterocycles. The zero-order valence-electron chi connectivity index (χ0n) is 16.7. The van der Waals surface area contributed by atoms with E-state index < -0.39 is 0 Å². The molecule has 9 heteroatoms. The first kappa shape index (κ1) is 25.1. The van der Waals surface area contributed by atoms with Crippen LogP contribution >= 0.6 is 60.2 Å². The summed E-state index contributed by atoms with van der Waals surface area (Å²) in [5.74, 6) is 2.58. The summed E-state index contributed by atoms with van der Waals surface area (Å²) >= 11 is 10.8. The van der Waals surface area contributed by atoms with Crippen molar-refractivity contribution in [2.75, 3.05) is 38.4 Å². The lowest BCUT2D eigenvalue weighted by molar-refractivity contribution is 0.112. The monoisotopic (exact) mass is 641 g/mol. The van der Waals surface area contributed by atoms with Crippen molar-refractivity contribution >= 4 is 60.2 Å². The average Bonchev–Trinajstić information content (AvgIpc) is 3.20. The largest absolute Gasteiger partial charge is 0.492 e. The van der Waals surface area contributed by atoms with Crippen LogP contribution in [-0.4, -0.2) is 48.1 Å². The van der Waals surface area contributed by atoms with Crippen molar-refractivity contribution in [3.05, 3.63) is 52.3 Å². The molecule has 0 aliphatic carbocycles. The van der Waals surface area contributed by atoms with Crippen molar-refractivity contribution in [2.45, 2.75) is 17.2 Å². The van der Waals surface area contributed by atoms with Gasteiger partial charge in [0.2, 0.25) is 6.79 Å². The van der Waals surface area contributed by atoms with E-state index in [0.29, 0.717) is 23.1 Å². The molecule has 2 aliphatic rings. The summed E-state index contributed by atoms with van der Waals surface area (Å²) in [6.07, 6.45) is 1.02. The Labute approximate surface area is 213 Å². The second-order valence-corrected chi connectivity index (χ2v) is 10.5. The molecule has 1 saturated heterocycles. The van der Waals surface area contributed by atoms with Crippen LogP contribution in [0.15, 0.2) is 40.9 Å². The molecule has 0 radical (unpaired) electrons. The first-order valence-electron chi connectivity index (χ1n) is 9.93. The number of halogens is 5. The summed E-state index contributed by atoms with van der Waals surface area (Å²) in [5, 5.41) is 0.913. The molecule has 1 unspecified atom stereocenters. The highest BCUT2D eigenvalue weighted by Crippen LogP contribution is 2.41. The van der Waals surface area contributed by atoms with Crippen LogP contribution in [0.3, 0.4) is 0 Å². The summed E-state index contributed by atoms with van der Waals surface area (Å²) in [7, 11) is 0. The van der Waals surface area contributed by atoms with E-state index in [-0.39, 0.29) is 30.9 Å². The minimum Gasteiger partial charge on any atom is -0.492 e. The highest BCUT2D eigenvalue weighted by atomic mass is 79.9. The van der Waals surface area contributed by atoms with Crippen LogP contribution < -0.4 is 14.2 Å². The topological polar surface area (TPSA) is 30.9 Å². The third-order valence-electron chi connectivity index (χ3n) is 5.62. The number of ether oxygens (including phenoxy) is 3. The number of hydrogen-bond acceptors (Lipinski definition) is 4. The molecule has 0 aromatic heterocycles. The molecular formula is C22H24Br3ClFNO3. The number of piperidine rings is 1. The van der Waals surface area contributed by atoms with Crippen molar-refractivity contribution in [3.8, 4) is 17.2 Å². The molecule has 170 valence electrons. The number of fused-ring (bicyclic) bond motifs is 1. The van der Waals surface area contributed by atoms with Crippen LogP contribution in [-0.2, 0) is 0 Å². The number of benzene rings is 2. The smallest absolute Gasteiger partial charge is 0.231 e. The maximum Gasteiger partial charge on any atom is 0.231 e. The van der Waals surface area contributed by atoms with Gasteiger partial charge in [-0.25, -0.2) is 4.39 Å². The molecule has 2 aromatic rings. The zero-order valence-corrected chi connectivity index (χ0v) is 22.3. The van der Waals surface area contributed by atoms with E-state index in [2.05, 4.69) is 52.7 Å². The molecule has 0 bridgehead atoms. The number of rotatable bonds is 7. The standard InChI is InChI=1S/C22H23Br3FNO3.ClH/c23-9-16(24)11-27-6-5-18(14-1-3-17(26)4-2-14)15(10-27)12-28-20-8-22-21(7-19(20)25)29-13-30-22;/h1-4,7-8,15-16,18H,5-6,9-13H2;1H/t15-,16?,18-;/m1./s1. The van der Waals surface area contributed by atoms with Crippen molar-refractivity contribution in [2.24, 2.45) is 5.92 Å². The van der Waals surface area contributed by atoms with Gasteiger partial charge in [0.15, 0.2) is 11.5 Å². The van der Waals surface area contributed by atoms with Crippen LogP contribution in [0.25, 0.3) is 0 Å². The molecule has 3 atom stereocenters. The summed E-state index contributed by atoms with van der Waals surface area (Å²) in [6, 6.07) is 10.7. The van der Waals surface area contributed by atoms with Gasteiger partial charge in [-0.1, -0.05) is 44.0 Å². The molecule has 0 amide bonds. The molecule has 2 aliphatic heterocycles. The predicted octanol–water partition coefficient (Wildman–Crippen LogP) is 6.38. The number of alkyl halides is 2. The molecule has 0 spiro atoms. The van der Waals surface area contributed by atoms with Crippen molar-refractivity contribution in [1.82, 2.24) is 4.90 Å². The Morgan fingerprint density at radius 2 is 1.87 bits per heavy atom. The molecular weight excluding hydrogens is 620 g/mol. The number of hydrogen-bond donors (Lipinski definition) is 0. The van der Waals surface area contributed by atoms with Crippen LogP contribution in [0, 0.1) is 11.7 Å². The fourth-order valence-corrected chi connectivity index (χ4v) is 5.18. The van der Waals surface area contributed by atoms with E-state index in [1.807, 2.05) is 24.3 Å². The third kappa shape index (κ3) is 6.28. The van der Waals surface area contributed by atoms with Gasteiger partial charge in [-0.05, 0) is 52.5 Å². The van der Waals surface area contributed by atoms with E-state index in [4.69, 9.17) is 14.2 Å². The SMILES string of the molecule is Cl.Fc1ccc([C@H]2CCN(CC(Br)CBr)C[C@@H]2COc2cc3c(cc2Br)OCO3)cc1. The van der Waals surface area contributed by atoms with Crippen LogP contribution in [0.4, 0.5) is 4.39 Å². The van der Waals surface area contributed by atoms with Gasteiger partial charge >= 0.3 is 0 Å². The summed E-state index contributed by atoms with van der Waals surface area (Å²) < 4.78 is 31.5. The van der Waals surface area contributed by atoms with Gasteiger partial charge in [0, 0.05) is 41.3 Å². The first-order valence-corrected chi connectivity index (χ1v) is 12.8. The van der Waals surface area contributed by atoms with Crippen molar-refractivity contribution in [3.63, 3.8) is 0 Å². The second-order valence-electron chi connectivity index (χ2n) is 7.66. The van der Waals surface area contributed by atoms with Gasteiger partial charge in [0.05, 0.1) is 11.1 Å². The molecule has 0 saturated carbocycles. The Morgan fingerprint density at radius 1 is 1.16 bits per heavy atom. The quantitative estimate of drug-likeness (QED) is 0.328. The van der Waals surface area contributed by atoms with Gasteiger partial charge < -0.3 is 19.1 Å². The second kappa shape index (κ2) is 11.5. The first-order chi connectivity index (χ1) is 14.5. The van der Waals surface area contributed by atoms with Gasteiger partial charge in [-0.15, -0.1) is 12.4 Å². The number of nitrogens with zero attached hydrogens (tertiary/aromatic N) is 1. The lowest BCUT2D eigenvalue weighted by Crippen LogP contribution is -2.44. The Morgan fingerprint density at radius 3 is 2.58 bits per heavy atom. The van der Waals surface area contributed by atoms with Crippen LogP contribution in [0.5, 0.6) is 17.2 Å². The van der Waals surface area contributed by atoms with Crippen LogP contribution in [0.1, 0.15) is 17.9 Å². The van der Waals surface area contributed by atoms with E-state index in [1.54, 1.807) is 12.1 Å². The molecule has 31 heavy (non-hydrogen) atoms. The summed E-state index contributed by atoms with van der Waals surface area (Å²) in [5.41, 5.74) is 1.17. The Kier molecular flexibility index (Phi) is 9.35. The molecule has 4 rings (SSSR count). The lowest BCUT2D eigenvalue weighted by Gasteiger charge is -2.39. The average molecular weight is 645 g/mol. The minimum absolute atomic E-state index is 0. The summed E-state index contributed by atoms with van der Waals surface area (Å²) in [4.78, 5) is 2.88. The lowest BCUT2D eigenvalue weighted by atomic mass is 9.81. The molecule has 2 aromatic carbocycles. The molecule has 1 fully saturated rings. The van der Waals surface area contributed by atoms with E-state index in [1.165, 1.54) is 5.56 Å². The highest BCUT2D eigenvalue weighted by molar-refractivity contribution is 9.12. The van der Waals surface area contributed by atoms with Crippen LogP contribution in [0.2, 0.25) is 0 Å². The van der Waals surface area contributed by atoms with Crippen molar-refractivity contribution in [1.29, 1.82) is 0 Å². The van der Waals surface area contributed by atoms with E-state index in [0.717, 1.165) is 47.4 Å². The summed E-state index contributed by atoms with van der Waals surface area (Å²) in [6.45, 7) is 3.72. The zero-order chi connectivity index (χ0) is 21.1. The fourth-order valence-electron chi connectivity index (χ4n) is 4.13. The highest BCUT2D eigenvalue weighted by Gasteiger charge is 2.32. The van der Waals surface area contributed by atoms with E-state index in [9.17, 15) is 4.39 Å². The minimum atomic E-state index is -0.201. The molecule has 0 N–H and O–H groups in total. The van der Waals surface area contributed by atoms with E-state index >= 15 is 0 Å². The Balaban J connectivity index is 0.00000272. The van der Waals surface area contributed by atoms with Gasteiger partial charge in [0.25, 0.3) is 0 Å². The number of likely N-dealkylation sites (tertiary alicyclic amines) is 1. The van der Waals surface area contributed by atoms with Gasteiger partial charge in [0.1, 0.15) is 11.6 Å². The van der Waals surface area contributed by atoms with Gasteiger partial charge in [-0.3, -0.25) is 0 Å². The maximum absolute atomic E-state index is 13.4. The van der Waals surface area contributed by atoms with Crippen molar-refractivity contribution < 1.29 is 18.6 Å². The Hall–Kier alpha value is -0.540. The predicted molar refractivity (Wildman–Crippen MR) is 133 cm³/mol.